The van der Waals surface area contributed by atoms with Crippen molar-refractivity contribution < 1.29 is 4.79 Å². The number of aromatic nitrogens is 3. The van der Waals surface area contributed by atoms with E-state index in [1.54, 1.807) is 6.20 Å². The topological polar surface area (TPSA) is 96.7 Å². The number of thiazole rings is 1. The molecule has 2 aromatic rings. The van der Waals surface area contributed by atoms with Gasteiger partial charge in [-0.1, -0.05) is 25.2 Å². The number of anilines is 2. The molecule has 1 amide bonds. The largest absolute Gasteiger partial charge is 0.395 e. The standard InChI is InChI=1S/C10H12BrN5OS/c1-4(2)7-6(12)8(16-15-7)9(17)14-10-13-3-5(11)18-10/h3-4H,12H2,1-2H3,(H,15,16)(H,13,14,17). The molecule has 0 spiro atoms. The highest BCUT2D eigenvalue weighted by Crippen LogP contribution is 2.25. The minimum atomic E-state index is -0.363. The summed E-state index contributed by atoms with van der Waals surface area (Å²) in [6.45, 7) is 3.95. The number of carbonyl (C=O) groups is 1. The van der Waals surface area contributed by atoms with Crippen LogP contribution in [0.15, 0.2) is 9.98 Å². The average Bonchev–Trinajstić information content (AvgIpc) is 2.85. The third kappa shape index (κ3) is 2.54. The maximum atomic E-state index is 12.0. The summed E-state index contributed by atoms with van der Waals surface area (Å²) in [6, 6.07) is 0. The van der Waals surface area contributed by atoms with E-state index in [4.69, 9.17) is 5.73 Å². The molecule has 0 unspecified atom stereocenters. The molecule has 6 nitrogen and oxygen atoms in total. The van der Waals surface area contributed by atoms with E-state index in [2.05, 4.69) is 36.4 Å². The fourth-order valence-corrected chi connectivity index (χ4v) is 2.55. The number of halogens is 1. The van der Waals surface area contributed by atoms with Gasteiger partial charge in [-0.2, -0.15) is 5.10 Å². The van der Waals surface area contributed by atoms with Crippen molar-refractivity contribution in [2.45, 2.75) is 19.8 Å². The molecule has 0 radical (unpaired) electrons. The van der Waals surface area contributed by atoms with Gasteiger partial charge in [0.1, 0.15) is 0 Å². The highest BCUT2D eigenvalue weighted by molar-refractivity contribution is 9.11. The summed E-state index contributed by atoms with van der Waals surface area (Å²) in [7, 11) is 0. The Bertz CT molecular complexity index is 577. The molecule has 4 N–H and O–H groups in total. The van der Waals surface area contributed by atoms with Gasteiger partial charge in [-0.15, -0.1) is 0 Å². The Morgan fingerprint density at radius 3 is 2.83 bits per heavy atom. The molecule has 0 aromatic carbocycles. The molecule has 0 saturated carbocycles. The fraction of sp³-hybridized carbons (Fsp3) is 0.300. The van der Waals surface area contributed by atoms with E-state index in [9.17, 15) is 4.79 Å². The van der Waals surface area contributed by atoms with Crippen LogP contribution in [0.5, 0.6) is 0 Å². The SMILES string of the molecule is CC(C)c1[nH]nc(C(=O)Nc2ncc(Br)s2)c1N. The first-order valence-corrected chi connectivity index (χ1v) is 6.86. The molecule has 2 aromatic heterocycles. The highest BCUT2D eigenvalue weighted by atomic mass is 79.9. The number of nitrogen functional groups attached to an aromatic ring is 1. The molecule has 96 valence electrons. The van der Waals surface area contributed by atoms with Crippen LogP contribution in [0, 0.1) is 0 Å². The van der Waals surface area contributed by atoms with Crippen molar-refractivity contribution in [2.24, 2.45) is 0 Å². The second kappa shape index (κ2) is 5.07. The van der Waals surface area contributed by atoms with Crippen molar-refractivity contribution >= 4 is 44.0 Å². The predicted molar refractivity (Wildman–Crippen MR) is 74.9 cm³/mol. The third-order valence-corrected chi connectivity index (χ3v) is 3.72. The van der Waals surface area contributed by atoms with Crippen molar-refractivity contribution in [3.8, 4) is 0 Å². The summed E-state index contributed by atoms with van der Waals surface area (Å²) < 4.78 is 0.843. The van der Waals surface area contributed by atoms with Crippen molar-refractivity contribution in [3.05, 3.63) is 21.4 Å². The highest BCUT2D eigenvalue weighted by Gasteiger charge is 2.19. The first-order chi connectivity index (χ1) is 8.49. The Hall–Kier alpha value is -1.41. The first-order valence-electron chi connectivity index (χ1n) is 5.25. The third-order valence-electron chi connectivity index (χ3n) is 2.32. The number of hydrogen-bond donors (Lipinski definition) is 3. The van der Waals surface area contributed by atoms with Gasteiger partial charge in [0.25, 0.3) is 5.91 Å². The van der Waals surface area contributed by atoms with E-state index in [1.165, 1.54) is 11.3 Å². The Morgan fingerprint density at radius 1 is 1.61 bits per heavy atom. The molecule has 0 bridgehead atoms. The molecule has 0 aliphatic rings. The van der Waals surface area contributed by atoms with Crippen LogP contribution in [0.1, 0.15) is 35.9 Å². The lowest BCUT2D eigenvalue weighted by molar-refractivity contribution is 0.102. The van der Waals surface area contributed by atoms with Crippen LogP contribution < -0.4 is 11.1 Å². The maximum absolute atomic E-state index is 12.0. The second-order valence-corrected chi connectivity index (χ2v) is 6.39. The lowest BCUT2D eigenvalue weighted by atomic mass is 10.1. The van der Waals surface area contributed by atoms with Gasteiger partial charge >= 0.3 is 0 Å². The average molecular weight is 330 g/mol. The number of carbonyl (C=O) groups excluding carboxylic acids is 1. The molecular formula is C10H12BrN5OS. The van der Waals surface area contributed by atoms with Crippen molar-refractivity contribution in [3.63, 3.8) is 0 Å². The number of rotatable bonds is 3. The monoisotopic (exact) mass is 329 g/mol. The molecule has 0 aliphatic carbocycles. The summed E-state index contributed by atoms with van der Waals surface area (Å²) in [5.41, 5.74) is 7.23. The molecule has 0 saturated heterocycles. The maximum Gasteiger partial charge on any atom is 0.280 e. The van der Waals surface area contributed by atoms with Crippen molar-refractivity contribution in [1.29, 1.82) is 0 Å². The van der Waals surface area contributed by atoms with E-state index in [1.807, 2.05) is 13.8 Å². The second-order valence-electron chi connectivity index (χ2n) is 3.98. The molecule has 2 rings (SSSR count). The van der Waals surface area contributed by atoms with Gasteiger partial charge in [-0.05, 0) is 21.8 Å². The zero-order chi connectivity index (χ0) is 13.3. The Morgan fingerprint density at radius 2 is 2.33 bits per heavy atom. The van der Waals surface area contributed by atoms with E-state index in [0.717, 1.165) is 9.48 Å². The minimum absolute atomic E-state index is 0.188. The van der Waals surface area contributed by atoms with Crippen LogP contribution >= 0.6 is 27.3 Å². The zero-order valence-electron chi connectivity index (χ0n) is 9.82. The molecule has 0 fully saturated rings. The smallest absolute Gasteiger partial charge is 0.280 e. The van der Waals surface area contributed by atoms with E-state index in [-0.39, 0.29) is 17.5 Å². The van der Waals surface area contributed by atoms with Crippen LogP contribution in [0.3, 0.4) is 0 Å². The Kier molecular flexibility index (Phi) is 3.67. The van der Waals surface area contributed by atoms with Crippen molar-refractivity contribution in [2.75, 3.05) is 11.1 Å². The minimum Gasteiger partial charge on any atom is -0.395 e. The van der Waals surface area contributed by atoms with E-state index in [0.29, 0.717) is 10.8 Å². The van der Waals surface area contributed by atoms with Gasteiger partial charge in [0.05, 0.1) is 21.4 Å². The molecule has 8 heteroatoms. The molecule has 0 aliphatic heterocycles. The predicted octanol–water partition coefficient (Wildman–Crippen LogP) is 2.59. The Labute approximate surface area is 116 Å². The van der Waals surface area contributed by atoms with Crippen LogP contribution in [-0.4, -0.2) is 21.1 Å². The van der Waals surface area contributed by atoms with E-state index < -0.39 is 0 Å². The van der Waals surface area contributed by atoms with E-state index >= 15 is 0 Å². The molecule has 0 atom stereocenters. The van der Waals surface area contributed by atoms with Gasteiger partial charge in [0.2, 0.25) is 0 Å². The van der Waals surface area contributed by atoms with Crippen LogP contribution in [0.2, 0.25) is 0 Å². The molecule has 18 heavy (non-hydrogen) atoms. The van der Waals surface area contributed by atoms with Crippen molar-refractivity contribution in [1.82, 2.24) is 15.2 Å². The number of nitrogens with two attached hydrogens (primary N) is 1. The lowest BCUT2D eigenvalue weighted by Gasteiger charge is -2.02. The van der Waals surface area contributed by atoms with Gasteiger partial charge < -0.3 is 5.73 Å². The van der Waals surface area contributed by atoms with Crippen LogP contribution in [0.4, 0.5) is 10.8 Å². The zero-order valence-corrected chi connectivity index (χ0v) is 12.2. The van der Waals surface area contributed by atoms with Gasteiger partial charge in [0.15, 0.2) is 10.8 Å². The number of amides is 1. The number of aromatic amines is 1. The number of H-pyrrole nitrogens is 1. The van der Waals surface area contributed by atoms with Gasteiger partial charge in [-0.25, -0.2) is 4.98 Å². The fourth-order valence-electron chi connectivity index (χ4n) is 1.45. The number of hydrogen-bond acceptors (Lipinski definition) is 5. The number of nitrogens with zero attached hydrogens (tertiary/aromatic N) is 2. The summed E-state index contributed by atoms with van der Waals surface area (Å²) in [4.78, 5) is 16.0. The summed E-state index contributed by atoms with van der Waals surface area (Å²) in [6.07, 6.45) is 1.62. The summed E-state index contributed by atoms with van der Waals surface area (Å²) in [5.74, 6) is -0.175. The quantitative estimate of drug-likeness (QED) is 0.806. The molecule has 2 heterocycles. The summed E-state index contributed by atoms with van der Waals surface area (Å²) in [5, 5.41) is 9.87. The van der Waals surface area contributed by atoms with Crippen LogP contribution in [-0.2, 0) is 0 Å². The van der Waals surface area contributed by atoms with Gasteiger partial charge in [-0.3, -0.25) is 15.2 Å². The van der Waals surface area contributed by atoms with Gasteiger partial charge in [0, 0.05) is 0 Å². The lowest BCUT2D eigenvalue weighted by Crippen LogP contribution is -2.14. The summed E-state index contributed by atoms with van der Waals surface area (Å²) >= 11 is 4.60. The van der Waals surface area contributed by atoms with Crippen LogP contribution in [0.25, 0.3) is 0 Å². The molecular weight excluding hydrogens is 318 g/mol. The number of nitrogens with one attached hydrogen (secondary N) is 2. The Balaban J connectivity index is 2.19. The normalized spacial score (nSPS) is 10.9. The first kappa shape index (κ1) is 13.0.